The fraction of sp³-hybridized carbons (Fsp3) is 0.438. The Morgan fingerprint density at radius 3 is 2.50 bits per heavy atom. The molecule has 1 amide bonds. The van der Waals surface area contributed by atoms with E-state index in [0.29, 0.717) is 5.92 Å². The predicted octanol–water partition coefficient (Wildman–Crippen LogP) is 4.10. The Balaban J connectivity index is 1.96. The van der Waals surface area contributed by atoms with Crippen molar-refractivity contribution in [3.63, 3.8) is 0 Å². The van der Waals surface area contributed by atoms with Gasteiger partial charge in [0.05, 0.1) is 0 Å². The van der Waals surface area contributed by atoms with Gasteiger partial charge in [-0.3, -0.25) is 4.79 Å². The Bertz CT molecular complexity index is 431. The molecule has 0 saturated heterocycles. The van der Waals surface area contributed by atoms with Gasteiger partial charge in [0, 0.05) is 11.6 Å². The Hall–Kier alpha value is -1.57. The lowest BCUT2D eigenvalue weighted by molar-refractivity contribution is -0.120. The zero-order valence-electron chi connectivity index (χ0n) is 11.1. The van der Waals surface area contributed by atoms with Gasteiger partial charge in [-0.15, -0.1) is 0 Å². The highest BCUT2D eigenvalue weighted by Crippen LogP contribution is 2.21. The first-order valence-electron chi connectivity index (χ1n) is 6.72. The minimum Gasteiger partial charge on any atom is -0.326 e. The third kappa shape index (κ3) is 3.22. The first-order valence-corrected chi connectivity index (χ1v) is 6.72. The van der Waals surface area contributed by atoms with Crippen LogP contribution in [0.4, 0.5) is 5.69 Å². The summed E-state index contributed by atoms with van der Waals surface area (Å²) >= 11 is 0. The molecule has 0 unspecified atom stereocenters. The summed E-state index contributed by atoms with van der Waals surface area (Å²) in [5.41, 5.74) is 2.20. The van der Waals surface area contributed by atoms with Crippen molar-refractivity contribution < 1.29 is 4.79 Å². The van der Waals surface area contributed by atoms with E-state index in [1.165, 1.54) is 5.56 Å². The number of benzene rings is 1. The summed E-state index contributed by atoms with van der Waals surface area (Å²) in [6, 6.07) is 8.15. The molecule has 0 aliphatic heterocycles. The third-order valence-corrected chi connectivity index (χ3v) is 3.48. The fourth-order valence-electron chi connectivity index (χ4n) is 2.23. The fourth-order valence-corrected chi connectivity index (χ4v) is 2.23. The zero-order chi connectivity index (χ0) is 13.0. The van der Waals surface area contributed by atoms with Crippen molar-refractivity contribution in [2.24, 2.45) is 5.92 Å². The zero-order valence-corrected chi connectivity index (χ0v) is 11.1. The second-order valence-electron chi connectivity index (χ2n) is 5.25. The van der Waals surface area contributed by atoms with Crippen LogP contribution in [0.25, 0.3) is 0 Å². The van der Waals surface area contributed by atoms with Gasteiger partial charge < -0.3 is 5.32 Å². The number of hydrogen-bond acceptors (Lipinski definition) is 1. The number of anilines is 1. The van der Waals surface area contributed by atoms with Gasteiger partial charge in [-0.1, -0.05) is 38.1 Å². The molecule has 1 aromatic rings. The smallest absolute Gasteiger partial charge is 0.227 e. The van der Waals surface area contributed by atoms with Crippen LogP contribution in [0.3, 0.4) is 0 Å². The van der Waals surface area contributed by atoms with Crippen LogP contribution in [0.2, 0.25) is 0 Å². The standard InChI is InChI=1S/C16H21NO/c1-12(2)13-8-10-15(11-9-13)17-16(18)14-6-4-3-5-7-14/h3-4,8-12,14H,5-7H2,1-2H3,(H,17,18)/t14-/m1/s1. The number of hydrogen-bond donors (Lipinski definition) is 1. The molecule has 0 aromatic heterocycles. The molecule has 1 atom stereocenters. The summed E-state index contributed by atoms with van der Waals surface area (Å²) in [6.07, 6.45) is 7.11. The van der Waals surface area contributed by atoms with Gasteiger partial charge in [-0.2, -0.15) is 0 Å². The molecule has 0 fully saturated rings. The van der Waals surface area contributed by atoms with Gasteiger partial charge >= 0.3 is 0 Å². The quantitative estimate of drug-likeness (QED) is 0.795. The maximum absolute atomic E-state index is 12.0. The van der Waals surface area contributed by atoms with Crippen molar-refractivity contribution in [2.75, 3.05) is 5.32 Å². The van der Waals surface area contributed by atoms with Crippen molar-refractivity contribution in [1.29, 1.82) is 0 Å². The van der Waals surface area contributed by atoms with Gasteiger partial charge in [-0.25, -0.2) is 0 Å². The molecule has 1 N–H and O–H groups in total. The van der Waals surface area contributed by atoms with Crippen LogP contribution in [-0.2, 0) is 4.79 Å². The molecule has 1 aromatic carbocycles. The monoisotopic (exact) mass is 243 g/mol. The summed E-state index contributed by atoms with van der Waals surface area (Å²) in [4.78, 5) is 12.0. The normalized spacial score (nSPS) is 18.9. The summed E-state index contributed by atoms with van der Waals surface area (Å²) in [5.74, 6) is 0.814. The molecule has 18 heavy (non-hydrogen) atoms. The van der Waals surface area contributed by atoms with Crippen LogP contribution < -0.4 is 5.32 Å². The lowest BCUT2D eigenvalue weighted by Crippen LogP contribution is -2.23. The SMILES string of the molecule is CC(C)c1ccc(NC(=O)[C@@H]2CC=CCC2)cc1. The summed E-state index contributed by atoms with van der Waals surface area (Å²) in [5, 5.41) is 3.00. The van der Waals surface area contributed by atoms with E-state index in [4.69, 9.17) is 0 Å². The molecule has 1 aliphatic carbocycles. The Kier molecular flexibility index (Phi) is 4.19. The first-order chi connectivity index (χ1) is 8.66. The van der Waals surface area contributed by atoms with E-state index in [0.717, 1.165) is 24.9 Å². The van der Waals surface area contributed by atoms with Crippen LogP contribution >= 0.6 is 0 Å². The number of allylic oxidation sites excluding steroid dienone is 2. The van der Waals surface area contributed by atoms with E-state index in [9.17, 15) is 4.79 Å². The van der Waals surface area contributed by atoms with Gasteiger partial charge in [0.2, 0.25) is 5.91 Å². The Morgan fingerprint density at radius 2 is 1.94 bits per heavy atom. The molecule has 0 saturated carbocycles. The lowest BCUT2D eigenvalue weighted by Gasteiger charge is -2.17. The second-order valence-corrected chi connectivity index (χ2v) is 5.25. The summed E-state index contributed by atoms with van der Waals surface area (Å²) in [6.45, 7) is 4.34. The average molecular weight is 243 g/mol. The summed E-state index contributed by atoms with van der Waals surface area (Å²) in [7, 11) is 0. The van der Waals surface area contributed by atoms with Crippen molar-refractivity contribution in [3.8, 4) is 0 Å². The van der Waals surface area contributed by atoms with Gasteiger partial charge in [0.1, 0.15) is 0 Å². The maximum atomic E-state index is 12.0. The van der Waals surface area contributed by atoms with E-state index in [-0.39, 0.29) is 11.8 Å². The van der Waals surface area contributed by atoms with E-state index >= 15 is 0 Å². The van der Waals surface area contributed by atoms with Gasteiger partial charge in [0.15, 0.2) is 0 Å². The molecule has 96 valence electrons. The molecular formula is C16H21NO. The highest BCUT2D eigenvalue weighted by atomic mass is 16.1. The number of rotatable bonds is 3. The topological polar surface area (TPSA) is 29.1 Å². The molecule has 0 bridgehead atoms. The van der Waals surface area contributed by atoms with Crippen molar-refractivity contribution in [2.45, 2.75) is 39.0 Å². The lowest BCUT2D eigenvalue weighted by atomic mass is 9.93. The molecule has 2 heteroatoms. The molecular weight excluding hydrogens is 222 g/mol. The summed E-state index contributed by atoms with van der Waals surface area (Å²) < 4.78 is 0. The van der Waals surface area contributed by atoms with Gasteiger partial charge in [0.25, 0.3) is 0 Å². The van der Waals surface area contributed by atoms with Crippen LogP contribution in [0.5, 0.6) is 0 Å². The highest BCUT2D eigenvalue weighted by Gasteiger charge is 2.18. The predicted molar refractivity (Wildman–Crippen MR) is 75.6 cm³/mol. The minimum absolute atomic E-state index is 0.139. The van der Waals surface area contributed by atoms with Crippen LogP contribution in [-0.4, -0.2) is 5.91 Å². The van der Waals surface area contributed by atoms with E-state index in [1.807, 2.05) is 12.1 Å². The van der Waals surface area contributed by atoms with Crippen LogP contribution in [0.1, 0.15) is 44.6 Å². The molecule has 2 nitrogen and oxygen atoms in total. The van der Waals surface area contributed by atoms with Crippen molar-refractivity contribution >= 4 is 11.6 Å². The molecule has 2 rings (SSSR count). The third-order valence-electron chi connectivity index (χ3n) is 3.48. The van der Waals surface area contributed by atoms with E-state index in [2.05, 4.69) is 43.4 Å². The van der Waals surface area contributed by atoms with E-state index < -0.39 is 0 Å². The highest BCUT2D eigenvalue weighted by molar-refractivity contribution is 5.92. The first kappa shape index (κ1) is 12.9. The molecule has 0 radical (unpaired) electrons. The van der Waals surface area contributed by atoms with Crippen LogP contribution in [0, 0.1) is 5.92 Å². The van der Waals surface area contributed by atoms with Crippen molar-refractivity contribution in [3.05, 3.63) is 42.0 Å². The second kappa shape index (κ2) is 5.85. The molecule has 0 spiro atoms. The van der Waals surface area contributed by atoms with Gasteiger partial charge in [-0.05, 0) is 42.9 Å². The molecule has 0 heterocycles. The maximum Gasteiger partial charge on any atom is 0.227 e. The largest absolute Gasteiger partial charge is 0.326 e. The van der Waals surface area contributed by atoms with E-state index in [1.54, 1.807) is 0 Å². The molecule has 1 aliphatic rings. The number of carbonyl (C=O) groups is 1. The number of carbonyl (C=O) groups excluding carboxylic acids is 1. The van der Waals surface area contributed by atoms with Crippen LogP contribution in [0.15, 0.2) is 36.4 Å². The van der Waals surface area contributed by atoms with Crippen molar-refractivity contribution in [1.82, 2.24) is 0 Å². The number of nitrogens with one attached hydrogen (secondary N) is 1. The minimum atomic E-state index is 0.139. The average Bonchev–Trinajstić information content (AvgIpc) is 2.40. The number of amides is 1. The Labute approximate surface area is 109 Å². The Morgan fingerprint density at radius 1 is 1.22 bits per heavy atom.